The number of ether oxygens (including phenoxy) is 1. The van der Waals surface area contributed by atoms with Gasteiger partial charge < -0.3 is 19.9 Å². The summed E-state index contributed by atoms with van der Waals surface area (Å²) in [4.78, 5) is 29.2. The fourth-order valence-corrected chi connectivity index (χ4v) is 2.75. The fourth-order valence-electron chi connectivity index (χ4n) is 2.75. The third kappa shape index (κ3) is 4.41. The Kier molecular flexibility index (Phi) is 5.85. The van der Waals surface area contributed by atoms with Crippen molar-refractivity contribution in [1.82, 2.24) is 9.88 Å². The highest BCUT2D eigenvalue weighted by Gasteiger charge is 2.19. The lowest BCUT2D eigenvalue weighted by Crippen LogP contribution is -2.22. The maximum absolute atomic E-state index is 12.2. The van der Waals surface area contributed by atoms with Gasteiger partial charge in [-0.15, -0.1) is 0 Å². The molecule has 6 nitrogen and oxygen atoms in total. The largest absolute Gasteiger partial charge is 0.497 e. The first-order chi connectivity index (χ1) is 11.8. The molecule has 2 amide bonds. The highest BCUT2D eigenvalue weighted by Crippen LogP contribution is 2.21. The van der Waals surface area contributed by atoms with Crippen molar-refractivity contribution in [2.75, 3.05) is 26.5 Å². The van der Waals surface area contributed by atoms with Gasteiger partial charge in [-0.25, -0.2) is 0 Å². The van der Waals surface area contributed by atoms with Crippen molar-refractivity contribution in [2.24, 2.45) is 0 Å². The number of aromatic amines is 1. The lowest BCUT2D eigenvalue weighted by molar-refractivity contribution is -0.116. The Hall–Kier alpha value is -2.76. The summed E-state index contributed by atoms with van der Waals surface area (Å²) in [5, 5.41) is 2.86. The van der Waals surface area contributed by atoms with Crippen LogP contribution in [0, 0.1) is 13.8 Å². The number of aryl methyl sites for hydroxylation is 2. The van der Waals surface area contributed by atoms with Crippen molar-refractivity contribution in [3.8, 4) is 5.75 Å². The van der Waals surface area contributed by atoms with Crippen LogP contribution < -0.4 is 10.1 Å². The summed E-state index contributed by atoms with van der Waals surface area (Å²) in [6.07, 6.45) is 0.887. The second-order valence-corrected chi connectivity index (χ2v) is 6.20. The van der Waals surface area contributed by atoms with E-state index < -0.39 is 0 Å². The molecule has 0 spiro atoms. The molecule has 0 radical (unpaired) electrons. The van der Waals surface area contributed by atoms with Gasteiger partial charge in [0, 0.05) is 37.6 Å². The van der Waals surface area contributed by atoms with Gasteiger partial charge in [0.05, 0.1) is 12.7 Å². The zero-order valence-electron chi connectivity index (χ0n) is 15.4. The van der Waals surface area contributed by atoms with E-state index in [1.165, 1.54) is 0 Å². The van der Waals surface area contributed by atoms with Gasteiger partial charge >= 0.3 is 0 Å². The molecule has 0 atom stereocenters. The van der Waals surface area contributed by atoms with Crippen molar-refractivity contribution < 1.29 is 14.3 Å². The number of methoxy groups -OCH3 is 1. The lowest BCUT2D eigenvalue weighted by atomic mass is 10.1. The van der Waals surface area contributed by atoms with Crippen LogP contribution in [-0.2, 0) is 11.2 Å². The SMILES string of the molecule is COc1ccc(NC(=O)CCc2[nH]c(C)c(C(=O)N(C)C)c2C)cc1. The summed E-state index contributed by atoms with van der Waals surface area (Å²) in [6, 6.07) is 7.20. The molecule has 0 bridgehead atoms. The van der Waals surface area contributed by atoms with Gasteiger partial charge in [-0.1, -0.05) is 0 Å². The van der Waals surface area contributed by atoms with Gasteiger partial charge in [-0.2, -0.15) is 0 Å². The first-order valence-electron chi connectivity index (χ1n) is 8.17. The number of carbonyl (C=O) groups is 2. The molecule has 2 aromatic rings. The van der Waals surface area contributed by atoms with Gasteiger partial charge in [-0.3, -0.25) is 9.59 Å². The molecule has 6 heteroatoms. The molecule has 0 saturated heterocycles. The summed E-state index contributed by atoms with van der Waals surface area (Å²) < 4.78 is 5.09. The first kappa shape index (κ1) is 18.6. The molecule has 1 heterocycles. The predicted octanol–water partition coefficient (Wildman–Crippen LogP) is 2.91. The van der Waals surface area contributed by atoms with E-state index in [4.69, 9.17) is 4.74 Å². The third-order valence-corrected chi connectivity index (χ3v) is 4.14. The number of carbonyl (C=O) groups excluding carboxylic acids is 2. The molecule has 0 aliphatic carbocycles. The van der Waals surface area contributed by atoms with Crippen molar-refractivity contribution in [3.63, 3.8) is 0 Å². The highest BCUT2D eigenvalue weighted by molar-refractivity contribution is 5.97. The quantitative estimate of drug-likeness (QED) is 0.847. The second-order valence-electron chi connectivity index (χ2n) is 6.20. The number of hydrogen-bond donors (Lipinski definition) is 2. The number of nitrogens with one attached hydrogen (secondary N) is 2. The molecule has 0 aliphatic heterocycles. The summed E-state index contributed by atoms with van der Waals surface area (Å²) in [6.45, 7) is 3.79. The van der Waals surface area contributed by atoms with Gasteiger partial charge in [0.25, 0.3) is 5.91 Å². The molecule has 134 valence electrons. The van der Waals surface area contributed by atoms with E-state index in [9.17, 15) is 9.59 Å². The Morgan fingerprint density at radius 2 is 1.80 bits per heavy atom. The number of H-pyrrole nitrogens is 1. The topological polar surface area (TPSA) is 74.4 Å². The minimum absolute atomic E-state index is 0.0276. The molecular formula is C19H25N3O3. The van der Waals surface area contributed by atoms with E-state index in [0.29, 0.717) is 18.4 Å². The minimum atomic E-state index is -0.0719. The van der Waals surface area contributed by atoms with E-state index in [-0.39, 0.29) is 11.8 Å². The zero-order chi connectivity index (χ0) is 18.6. The lowest BCUT2D eigenvalue weighted by Gasteiger charge is -2.10. The number of nitrogens with zero attached hydrogens (tertiary/aromatic N) is 1. The molecule has 2 rings (SSSR count). The highest BCUT2D eigenvalue weighted by atomic mass is 16.5. The molecule has 0 unspecified atom stereocenters. The summed E-state index contributed by atoms with van der Waals surface area (Å²) in [7, 11) is 5.07. The van der Waals surface area contributed by atoms with Gasteiger partial charge in [-0.05, 0) is 50.1 Å². The van der Waals surface area contributed by atoms with Crippen LogP contribution in [0.4, 0.5) is 5.69 Å². The van der Waals surface area contributed by atoms with E-state index in [1.54, 1.807) is 50.4 Å². The second kappa shape index (κ2) is 7.88. The number of aromatic nitrogens is 1. The first-order valence-corrected chi connectivity index (χ1v) is 8.17. The maximum atomic E-state index is 12.2. The van der Waals surface area contributed by atoms with Crippen LogP contribution in [0.15, 0.2) is 24.3 Å². The molecule has 1 aromatic carbocycles. The van der Waals surface area contributed by atoms with Crippen molar-refractivity contribution in [1.29, 1.82) is 0 Å². The zero-order valence-corrected chi connectivity index (χ0v) is 15.4. The smallest absolute Gasteiger partial charge is 0.255 e. The Balaban J connectivity index is 1.99. The van der Waals surface area contributed by atoms with Crippen LogP contribution in [-0.4, -0.2) is 42.9 Å². The Labute approximate surface area is 148 Å². The van der Waals surface area contributed by atoms with E-state index in [0.717, 1.165) is 28.4 Å². The van der Waals surface area contributed by atoms with E-state index >= 15 is 0 Å². The van der Waals surface area contributed by atoms with Crippen LogP contribution >= 0.6 is 0 Å². The van der Waals surface area contributed by atoms with Crippen LogP contribution in [0.25, 0.3) is 0 Å². The van der Waals surface area contributed by atoms with Gasteiger partial charge in [0.2, 0.25) is 5.91 Å². The average Bonchev–Trinajstić information content (AvgIpc) is 2.86. The number of rotatable bonds is 6. The molecule has 0 aliphatic rings. The third-order valence-electron chi connectivity index (χ3n) is 4.14. The molecule has 25 heavy (non-hydrogen) atoms. The monoisotopic (exact) mass is 343 g/mol. The Bertz CT molecular complexity index is 761. The number of hydrogen-bond acceptors (Lipinski definition) is 3. The van der Waals surface area contributed by atoms with Gasteiger partial charge in [0.15, 0.2) is 0 Å². The standard InChI is InChI=1S/C19H25N3O3/c1-12-16(20-13(2)18(12)19(24)22(3)4)10-11-17(23)21-14-6-8-15(25-5)9-7-14/h6-9,20H,10-11H2,1-5H3,(H,21,23). The Morgan fingerprint density at radius 3 is 2.36 bits per heavy atom. The normalized spacial score (nSPS) is 10.4. The maximum Gasteiger partial charge on any atom is 0.255 e. The van der Waals surface area contributed by atoms with Crippen LogP contribution in [0.1, 0.15) is 33.7 Å². The molecule has 2 N–H and O–H groups in total. The summed E-state index contributed by atoms with van der Waals surface area (Å²) in [5.74, 6) is 0.645. The number of benzene rings is 1. The number of amides is 2. The molecule has 0 fully saturated rings. The van der Waals surface area contributed by atoms with Crippen molar-refractivity contribution in [2.45, 2.75) is 26.7 Å². The van der Waals surface area contributed by atoms with Crippen molar-refractivity contribution in [3.05, 3.63) is 46.8 Å². The average molecular weight is 343 g/mol. The van der Waals surface area contributed by atoms with Gasteiger partial charge in [0.1, 0.15) is 5.75 Å². The Morgan fingerprint density at radius 1 is 1.16 bits per heavy atom. The molecule has 1 aromatic heterocycles. The van der Waals surface area contributed by atoms with E-state index in [1.807, 2.05) is 13.8 Å². The molecule has 0 saturated carbocycles. The fraction of sp³-hybridized carbons (Fsp3) is 0.368. The van der Waals surface area contributed by atoms with Crippen LogP contribution in [0.5, 0.6) is 5.75 Å². The summed E-state index contributed by atoms with van der Waals surface area (Å²) >= 11 is 0. The van der Waals surface area contributed by atoms with E-state index in [2.05, 4.69) is 10.3 Å². The molecular weight excluding hydrogens is 318 g/mol. The van der Waals surface area contributed by atoms with Crippen molar-refractivity contribution >= 4 is 17.5 Å². The van der Waals surface area contributed by atoms with Crippen LogP contribution in [0.2, 0.25) is 0 Å². The minimum Gasteiger partial charge on any atom is -0.497 e. The van der Waals surface area contributed by atoms with Crippen LogP contribution in [0.3, 0.4) is 0 Å². The predicted molar refractivity (Wildman–Crippen MR) is 98.2 cm³/mol. The number of anilines is 1. The summed E-state index contributed by atoms with van der Waals surface area (Å²) in [5.41, 5.74) is 4.09.